The van der Waals surface area contributed by atoms with E-state index in [0.717, 1.165) is 6.42 Å². The number of benzene rings is 1. The van der Waals surface area contributed by atoms with E-state index in [4.69, 9.17) is 5.73 Å². The fourth-order valence-electron chi connectivity index (χ4n) is 2.63. The van der Waals surface area contributed by atoms with Crippen LogP contribution in [0.15, 0.2) is 30.3 Å². The largest absolute Gasteiger partial charge is 0.320 e. The van der Waals surface area contributed by atoms with Crippen molar-refractivity contribution in [1.29, 1.82) is 0 Å². The van der Waals surface area contributed by atoms with E-state index in [-0.39, 0.29) is 6.04 Å². The van der Waals surface area contributed by atoms with Gasteiger partial charge in [-0.1, -0.05) is 31.2 Å². The van der Waals surface area contributed by atoms with Crippen molar-refractivity contribution in [3.05, 3.63) is 56.8 Å². The van der Waals surface area contributed by atoms with Gasteiger partial charge in [0.15, 0.2) is 0 Å². The molecule has 0 saturated heterocycles. The quantitative estimate of drug-likeness (QED) is 0.888. The van der Waals surface area contributed by atoms with Crippen LogP contribution < -0.4 is 5.73 Å². The molecule has 0 aliphatic heterocycles. The first kappa shape index (κ1) is 11.9. The molecule has 1 atom stereocenters. The van der Waals surface area contributed by atoms with Crippen LogP contribution in [0.4, 0.5) is 0 Å². The highest BCUT2D eigenvalue weighted by molar-refractivity contribution is 7.12. The van der Waals surface area contributed by atoms with Gasteiger partial charge < -0.3 is 5.73 Å². The molecule has 0 saturated carbocycles. The summed E-state index contributed by atoms with van der Waals surface area (Å²) in [6.45, 7) is 2.18. The second kappa shape index (κ2) is 4.87. The van der Waals surface area contributed by atoms with Crippen molar-refractivity contribution in [3.63, 3.8) is 0 Å². The van der Waals surface area contributed by atoms with Crippen LogP contribution >= 0.6 is 11.3 Å². The maximum absolute atomic E-state index is 6.38. The van der Waals surface area contributed by atoms with Crippen molar-refractivity contribution in [2.24, 2.45) is 5.73 Å². The lowest BCUT2D eigenvalue weighted by atomic mass is 10.0. The average Bonchev–Trinajstić information content (AvgIpc) is 2.99. The van der Waals surface area contributed by atoms with Crippen LogP contribution in [0.2, 0.25) is 0 Å². The highest BCUT2D eigenvalue weighted by Gasteiger charge is 2.18. The first-order valence-electron chi connectivity index (χ1n) is 6.74. The molecule has 1 aliphatic carbocycles. The normalized spacial score (nSPS) is 15.7. The molecule has 1 aromatic heterocycles. The SMILES string of the molecule is CCc1ccc(C(N)c2cc3c(s2)CCC3)cc1. The molecule has 1 aliphatic rings. The molecule has 0 bridgehead atoms. The van der Waals surface area contributed by atoms with Crippen molar-refractivity contribution < 1.29 is 0 Å². The Morgan fingerprint density at radius 2 is 2.00 bits per heavy atom. The second-order valence-corrected chi connectivity index (χ2v) is 6.19. The van der Waals surface area contributed by atoms with Gasteiger partial charge in [0.2, 0.25) is 0 Å². The molecule has 18 heavy (non-hydrogen) atoms. The summed E-state index contributed by atoms with van der Waals surface area (Å²) in [5.74, 6) is 0. The third-order valence-electron chi connectivity index (χ3n) is 3.82. The fourth-order valence-corrected chi connectivity index (χ4v) is 3.92. The minimum Gasteiger partial charge on any atom is -0.320 e. The van der Waals surface area contributed by atoms with Gasteiger partial charge in [-0.05, 0) is 48.4 Å². The highest BCUT2D eigenvalue weighted by Crippen LogP contribution is 2.35. The molecule has 3 rings (SSSR count). The van der Waals surface area contributed by atoms with Crippen molar-refractivity contribution in [2.75, 3.05) is 0 Å². The lowest BCUT2D eigenvalue weighted by molar-refractivity contribution is 0.880. The van der Waals surface area contributed by atoms with Gasteiger partial charge in [0.25, 0.3) is 0 Å². The lowest BCUT2D eigenvalue weighted by Gasteiger charge is -2.10. The Labute approximate surface area is 113 Å². The molecule has 0 spiro atoms. The minimum atomic E-state index is 0.0477. The van der Waals surface area contributed by atoms with Gasteiger partial charge >= 0.3 is 0 Å². The number of nitrogens with two attached hydrogens (primary N) is 1. The maximum Gasteiger partial charge on any atom is 0.0646 e. The smallest absolute Gasteiger partial charge is 0.0646 e. The van der Waals surface area contributed by atoms with Gasteiger partial charge in [-0.3, -0.25) is 0 Å². The van der Waals surface area contributed by atoms with Crippen LogP contribution in [-0.2, 0) is 19.3 Å². The van der Waals surface area contributed by atoms with E-state index < -0.39 is 0 Å². The van der Waals surface area contributed by atoms with Crippen LogP contribution in [0.3, 0.4) is 0 Å². The zero-order valence-corrected chi connectivity index (χ0v) is 11.6. The summed E-state index contributed by atoms with van der Waals surface area (Å²) in [6.07, 6.45) is 4.90. The Morgan fingerprint density at radius 1 is 1.22 bits per heavy atom. The number of hydrogen-bond acceptors (Lipinski definition) is 2. The van der Waals surface area contributed by atoms with Gasteiger partial charge in [-0.25, -0.2) is 0 Å². The Bertz CT molecular complexity index is 517. The number of rotatable bonds is 3. The zero-order chi connectivity index (χ0) is 12.5. The van der Waals surface area contributed by atoms with Crippen LogP contribution in [0.1, 0.15) is 45.8 Å². The second-order valence-electron chi connectivity index (χ2n) is 5.02. The van der Waals surface area contributed by atoms with E-state index in [0.29, 0.717) is 0 Å². The maximum atomic E-state index is 6.38. The number of hydrogen-bond donors (Lipinski definition) is 1. The molecular formula is C16H19NS. The fraction of sp³-hybridized carbons (Fsp3) is 0.375. The molecule has 2 aromatic rings. The molecule has 0 fully saturated rings. The van der Waals surface area contributed by atoms with Crippen LogP contribution in [0.5, 0.6) is 0 Å². The first-order chi connectivity index (χ1) is 8.78. The molecule has 0 amide bonds. The third kappa shape index (κ3) is 2.11. The molecule has 0 radical (unpaired) electrons. The molecule has 1 aromatic carbocycles. The van der Waals surface area contributed by atoms with Gasteiger partial charge in [0.1, 0.15) is 0 Å². The molecule has 1 unspecified atom stereocenters. The van der Waals surface area contributed by atoms with E-state index >= 15 is 0 Å². The van der Waals surface area contributed by atoms with Crippen LogP contribution in [0.25, 0.3) is 0 Å². The molecular weight excluding hydrogens is 238 g/mol. The minimum absolute atomic E-state index is 0.0477. The Kier molecular flexibility index (Phi) is 3.23. The van der Waals surface area contributed by atoms with Crippen LogP contribution in [-0.4, -0.2) is 0 Å². The molecule has 1 heterocycles. The Hall–Kier alpha value is -1.12. The van der Waals surface area contributed by atoms with Crippen molar-refractivity contribution in [2.45, 2.75) is 38.6 Å². The molecule has 1 nitrogen and oxygen atoms in total. The summed E-state index contributed by atoms with van der Waals surface area (Å²) in [7, 11) is 0. The third-order valence-corrected chi connectivity index (χ3v) is 5.14. The number of fused-ring (bicyclic) bond motifs is 1. The summed E-state index contributed by atoms with van der Waals surface area (Å²) in [5, 5.41) is 0. The summed E-state index contributed by atoms with van der Waals surface area (Å²) in [6, 6.07) is 11.1. The lowest BCUT2D eigenvalue weighted by Crippen LogP contribution is -2.10. The Balaban J connectivity index is 1.86. The van der Waals surface area contributed by atoms with Gasteiger partial charge in [-0.2, -0.15) is 0 Å². The van der Waals surface area contributed by atoms with Crippen molar-refractivity contribution in [3.8, 4) is 0 Å². The molecule has 94 valence electrons. The monoisotopic (exact) mass is 257 g/mol. The standard InChI is InChI=1S/C16H19NS/c1-2-11-6-8-12(9-7-11)16(17)15-10-13-4-3-5-14(13)18-15/h6-10,16H,2-5,17H2,1H3. The highest BCUT2D eigenvalue weighted by atomic mass is 32.1. The van der Waals surface area contributed by atoms with Crippen molar-refractivity contribution in [1.82, 2.24) is 0 Å². The van der Waals surface area contributed by atoms with Crippen LogP contribution in [0, 0.1) is 0 Å². The zero-order valence-electron chi connectivity index (χ0n) is 10.8. The van der Waals surface area contributed by atoms with Gasteiger partial charge in [0, 0.05) is 9.75 Å². The topological polar surface area (TPSA) is 26.0 Å². The summed E-state index contributed by atoms with van der Waals surface area (Å²) in [4.78, 5) is 2.88. The number of aryl methyl sites for hydroxylation is 3. The molecule has 2 heteroatoms. The predicted molar refractivity (Wildman–Crippen MR) is 78.2 cm³/mol. The molecule has 2 N–H and O–H groups in total. The summed E-state index contributed by atoms with van der Waals surface area (Å²) in [5.41, 5.74) is 10.5. The van der Waals surface area contributed by atoms with Gasteiger partial charge in [-0.15, -0.1) is 11.3 Å². The average molecular weight is 257 g/mol. The van der Waals surface area contributed by atoms with E-state index in [1.807, 2.05) is 11.3 Å². The summed E-state index contributed by atoms with van der Waals surface area (Å²) >= 11 is 1.91. The first-order valence-corrected chi connectivity index (χ1v) is 7.55. The number of thiophene rings is 1. The van der Waals surface area contributed by atoms with Gasteiger partial charge in [0.05, 0.1) is 6.04 Å². The van der Waals surface area contributed by atoms with E-state index in [9.17, 15) is 0 Å². The van der Waals surface area contributed by atoms with E-state index in [1.165, 1.54) is 40.8 Å². The predicted octanol–water partition coefficient (Wildman–Crippen LogP) is 3.85. The van der Waals surface area contributed by atoms with E-state index in [2.05, 4.69) is 37.3 Å². The van der Waals surface area contributed by atoms with E-state index in [1.54, 1.807) is 4.88 Å². The Morgan fingerprint density at radius 3 is 2.67 bits per heavy atom. The summed E-state index contributed by atoms with van der Waals surface area (Å²) < 4.78 is 0. The van der Waals surface area contributed by atoms with Crippen molar-refractivity contribution >= 4 is 11.3 Å².